The van der Waals surface area contributed by atoms with Crippen molar-refractivity contribution < 1.29 is 0 Å². The van der Waals surface area contributed by atoms with Gasteiger partial charge in [0.05, 0.1) is 17.4 Å². The van der Waals surface area contributed by atoms with Crippen molar-refractivity contribution in [3.8, 4) is 22.3 Å². The van der Waals surface area contributed by atoms with Gasteiger partial charge in [0.15, 0.2) is 0 Å². The van der Waals surface area contributed by atoms with E-state index in [2.05, 4.69) is 271 Å². The number of rotatable bonds is 8. The van der Waals surface area contributed by atoms with Gasteiger partial charge in [-0.3, -0.25) is 0 Å². The maximum absolute atomic E-state index is 2.65. The van der Waals surface area contributed by atoms with Crippen molar-refractivity contribution in [1.82, 2.24) is 0 Å². The van der Waals surface area contributed by atoms with E-state index in [1.165, 1.54) is 92.2 Å². The minimum absolute atomic E-state index is 0.0228. The summed E-state index contributed by atoms with van der Waals surface area (Å²) in [5.74, 6) is 0. The maximum Gasteiger partial charge on any atom is 0.0620 e. The maximum atomic E-state index is 2.65. The highest BCUT2D eigenvalue weighted by molar-refractivity contribution is 6.24. The van der Waals surface area contributed by atoms with Crippen molar-refractivity contribution in [3.63, 3.8) is 0 Å². The van der Waals surface area contributed by atoms with Crippen LogP contribution >= 0.6 is 0 Å². The highest BCUT2D eigenvalue weighted by Gasteiger charge is 2.29. The first kappa shape index (κ1) is 39.6. The summed E-state index contributed by atoms with van der Waals surface area (Å²) >= 11 is 0. The molecule has 0 heterocycles. The SMILES string of the molecule is C1=c2ccccc2=CC(N(c2ccc3ccccc3c2)c2c3ccc(-c4ccccc4)cc3c(N(c3ccc4ccccc4c3)c3ccc4ccccc4c3)c3ccc(-c4ccccc4)cc23)C1. The Hall–Kier alpha value is -8.72. The molecule has 320 valence electrons. The fourth-order valence-electron chi connectivity index (χ4n) is 10.7. The van der Waals surface area contributed by atoms with Gasteiger partial charge in [0.2, 0.25) is 0 Å². The molecule has 0 amide bonds. The van der Waals surface area contributed by atoms with Gasteiger partial charge >= 0.3 is 0 Å². The summed E-state index contributed by atoms with van der Waals surface area (Å²) in [6.07, 6.45) is 5.78. The minimum Gasteiger partial charge on any atom is -0.333 e. The van der Waals surface area contributed by atoms with Crippen molar-refractivity contribution in [2.24, 2.45) is 0 Å². The van der Waals surface area contributed by atoms with Crippen LogP contribution < -0.4 is 20.2 Å². The van der Waals surface area contributed by atoms with Crippen molar-refractivity contribution in [2.45, 2.75) is 12.5 Å². The normalized spacial score (nSPS) is 13.3. The van der Waals surface area contributed by atoms with Crippen LogP contribution in [0.5, 0.6) is 0 Å². The summed E-state index contributed by atoms with van der Waals surface area (Å²) in [7, 11) is 0. The number of anilines is 5. The van der Waals surface area contributed by atoms with Crippen LogP contribution in [0.2, 0.25) is 0 Å². The van der Waals surface area contributed by atoms with E-state index in [9.17, 15) is 0 Å². The lowest BCUT2D eigenvalue weighted by Crippen LogP contribution is -2.38. The number of nitrogens with zero attached hydrogens (tertiary/aromatic N) is 2. The molecule has 1 atom stereocenters. The predicted octanol–water partition coefficient (Wildman–Crippen LogP) is 16.4. The molecule has 1 aliphatic carbocycles. The van der Waals surface area contributed by atoms with Crippen LogP contribution in [0.1, 0.15) is 6.42 Å². The Balaban J connectivity index is 1.20. The molecule has 12 aromatic carbocycles. The molecule has 0 aliphatic heterocycles. The monoisotopic (exact) mass is 866 g/mol. The highest BCUT2D eigenvalue weighted by Crippen LogP contribution is 2.52. The molecule has 1 aliphatic rings. The van der Waals surface area contributed by atoms with Gasteiger partial charge in [-0.25, -0.2) is 0 Å². The molecule has 1 unspecified atom stereocenters. The summed E-state index contributed by atoms with van der Waals surface area (Å²) in [5.41, 5.74) is 10.4. The Kier molecular flexibility index (Phi) is 9.68. The van der Waals surface area contributed by atoms with Crippen LogP contribution in [0.25, 0.3) is 88.3 Å². The fraction of sp³-hybridized carbons (Fsp3) is 0.0303. The number of hydrogen-bond donors (Lipinski definition) is 0. The molecule has 0 bridgehead atoms. The molecule has 0 spiro atoms. The van der Waals surface area contributed by atoms with Crippen molar-refractivity contribution in [3.05, 3.63) is 259 Å². The van der Waals surface area contributed by atoms with E-state index in [1.54, 1.807) is 0 Å². The summed E-state index contributed by atoms with van der Waals surface area (Å²) in [5, 5.41) is 14.5. The van der Waals surface area contributed by atoms with Gasteiger partial charge in [0.25, 0.3) is 0 Å². The zero-order chi connectivity index (χ0) is 45.0. The van der Waals surface area contributed by atoms with Crippen LogP contribution in [-0.2, 0) is 0 Å². The number of hydrogen-bond acceptors (Lipinski definition) is 2. The average Bonchev–Trinajstić information content (AvgIpc) is 3.41. The lowest BCUT2D eigenvalue weighted by atomic mass is 9.90. The molecule has 0 saturated heterocycles. The lowest BCUT2D eigenvalue weighted by molar-refractivity contribution is 0.843. The van der Waals surface area contributed by atoms with Gasteiger partial charge in [-0.1, -0.05) is 212 Å². The summed E-state index contributed by atoms with van der Waals surface area (Å²) in [6, 6.07) is 91.9. The molecule has 0 saturated carbocycles. The van der Waals surface area contributed by atoms with Gasteiger partial charge in [-0.2, -0.15) is 0 Å². The Labute approximate surface area is 396 Å². The molecule has 13 rings (SSSR count). The third-order valence-corrected chi connectivity index (χ3v) is 14.0. The first-order chi connectivity index (χ1) is 33.7. The van der Waals surface area contributed by atoms with E-state index in [0.717, 1.165) is 29.2 Å². The second-order valence-corrected chi connectivity index (χ2v) is 18.1. The minimum atomic E-state index is 0.0228. The molecule has 0 aromatic heterocycles. The van der Waals surface area contributed by atoms with Crippen LogP contribution in [0, 0.1) is 0 Å². The second kappa shape index (κ2) is 16.6. The Morgan fingerprint density at radius 3 is 1.26 bits per heavy atom. The largest absolute Gasteiger partial charge is 0.333 e. The predicted molar refractivity (Wildman–Crippen MR) is 291 cm³/mol. The average molecular weight is 867 g/mol. The third kappa shape index (κ3) is 6.98. The van der Waals surface area contributed by atoms with E-state index >= 15 is 0 Å². The zero-order valence-corrected chi connectivity index (χ0v) is 37.5. The quantitative estimate of drug-likeness (QED) is 0.111. The smallest absolute Gasteiger partial charge is 0.0620 e. The molecule has 0 radical (unpaired) electrons. The third-order valence-electron chi connectivity index (χ3n) is 14.0. The topological polar surface area (TPSA) is 6.48 Å². The van der Waals surface area contributed by atoms with Gasteiger partial charge in [-0.05, 0) is 120 Å². The highest BCUT2D eigenvalue weighted by atomic mass is 15.2. The number of fused-ring (bicyclic) bond motifs is 6. The van der Waals surface area contributed by atoms with Crippen LogP contribution in [-0.4, -0.2) is 6.04 Å². The van der Waals surface area contributed by atoms with E-state index in [4.69, 9.17) is 0 Å². The first-order valence-corrected chi connectivity index (χ1v) is 23.7. The molecular formula is C66H46N2. The first-order valence-electron chi connectivity index (χ1n) is 23.7. The van der Waals surface area contributed by atoms with Crippen molar-refractivity contribution in [1.29, 1.82) is 0 Å². The Morgan fingerprint density at radius 1 is 0.294 bits per heavy atom. The van der Waals surface area contributed by atoms with Crippen molar-refractivity contribution in [2.75, 3.05) is 9.80 Å². The van der Waals surface area contributed by atoms with E-state index in [1.807, 2.05) is 0 Å². The van der Waals surface area contributed by atoms with E-state index in [0.29, 0.717) is 0 Å². The van der Waals surface area contributed by atoms with Crippen LogP contribution in [0.15, 0.2) is 249 Å². The summed E-state index contributed by atoms with van der Waals surface area (Å²) < 4.78 is 0. The summed E-state index contributed by atoms with van der Waals surface area (Å²) in [6.45, 7) is 0. The molecule has 2 heteroatoms. The van der Waals surface area contributed by atoms with Crippen LogP contribution in [0.3, 0.4) is 0 Å². The summed E-state index contributed by atoms with van der Waals surface area (Å²) in [4.78, 5) is 5.18. The Morgan fingerprint density at radius 2 is 0.721 bits per heavy atom. The van der Waals surface area contributed by atoms with E-state index in [-0.39, 0.29) is 6.04 Å². The molecule has 0 fully saturated rings. The van der Waals surface area contributed by atoms with E-state index < -0.39 is 0 Å². The van der Waals surface area contributed by atoms with Crippen molar-refractivity contribution >= 4 is 94.5 Å². The van der Waals surface area contributed by atoms with Crippen LogP contribution in [0.4, 0.5) is 28.4 Å². The zero-order valence-electron chi connectivity index (χ0n) is 37.5. The van der Waals surface area contributed by atoms with Gasteiger partial charge in [0, 0.05) is 38.6 Å². The molecular weight excluding hydrogens is 821 g/mol. The lowest BCUT2D eigenvalue weighted by Gasteiger charge is -2.37. The number of benzene rings is 12. The second-order valence-electron chi connectivity index (χ2n) is 18.1. The van der Waals surface area contributed by atoms with Gasteiger partial charge in [-0.15, -0.1) is 0 Å². The molecule has 12 aromatic rings. The Bertz CT molecular complexity index is 3950. The van der Waals surface area contributed by atoms with Gasteiger partial charge in [0.1, 0.15) is 0 Å². The molecule has 2 nitrogen and oxygen atoms in total. The molecule has 68 heavy (non-hydrogen) atoms. The standard InChI is InChI=1S/C66H46N2/c1-3-15-45(16-4-1)55-31-37-61-63(43-55)65(67(57-33-27-47-19-7-11-23-51(47)39-57)58-34-28-48-20-8-12-24-52(48)40-58)62-38-32-56(46-17-5-2-6-18-46)44-64(62)66(61)68(59-35-29-49-21-9-13-25-53(49)41-59)60-36-30-50-22-10-14-26-54(50)42-60/h1-35,37-44,60H,36H2. The fourth-order valence-corrected chi connectivity index (χ4v) is 10.7. The molecule has 0 N–H and O–H groups in total. The van der Waals surface area contributed by atoms with Gasteiger partial charge < -0.3 is 9.80 Å².